The molecule has 1 atom stereocenters. The summed E-state index contributed by atoms with van der Waals surface area (Å²) < 4.78 is 29.1. The van der Waals surface area contributed by atoms with Gasteiger partial charge in [-0.05, 0) is 56.5 Å². The fraction of sp³-hybridized carbons (Fsp3) is 1.00. The van der Waals surface area contributed by atoms with Gasteiger partial charge in [-0.15, -0.1) is 12.4 Å². The summed E-state index contributed by atoms with van der Waals surface area (Å²) >= 11 is 0. The Morgan fingerprint density at radius 3 is 2.48 bits per heavy atom. The first-order chi connectivity index (χ1) is 9.52. The first kappa shape index (κ1) is 17.5. The van der Waals surface area contributed by atoms with Crippen LogP contribution in [0.3, 0.4) is 0 Å². The van der Waals surface area contributed by atoms with Crippen molar-refractivity contribution >= 4 is 22.6 Å². The molecule has 0 aromatic rings. The SMILES string of the molecule is CC1CCCN(S(=O)(=O)N2CCC3(CCNCC3)C2)C1.Cl. The van der Waals surface area contributed by atoms with Crippen molar-refractivity contribution in [3.8, 4) is 0 Å². The van der Waals surface area contributed by atoms with Gasteiger partial charge in [0.2, 0.25) is 0 Å². The molecule has 0 radical (unpaired) electrons. The highest BCUT2D eigenvalue weighted by molar-refractivity contribution is 7.86. The highest BCUT2D eigenvalue weighted by Gasteiger charge is 2.44. The molecule has 0 amide bonds. The van der Waals surface area contributed by atoms with Crippen LogP contribution in [0.1, 0.15) is 39.0 Å². The zero-order valence-corrected chi connectivity index (χ0v) is 14.5. The summed E-state index contributed by atoms with van der Waals surface area (Å²) in [6.07, 6.45) is 5.44. The first-order valence-electron chi connectivity index (χ1n) is 7.98. The van der Waals surface area contributed by atoms with E-state index in [1.54, 1.807) is 8.61 Å². The Hall–Kier alpha value is 0.120. The van der Waals surface area contributed by atoms with E-state index in [-0.39, 0.29) is 17.8 Å². The number of halogens is 1. The first-order valence-corrected chi connectivity index (χ1v) is 9.38. The Morgan fingerprint density at radius 2 is 1.81 bits per heavy atom. The Labute approximate surface area is 135 Å². The third-order valence-electron chi connectivity index (χ3n) is 5.34. The van der Waals surface area contributed by atoms with Crippen molar-refractivity contribution in [2.45, 2.75) is 39.0 Å². The molecule has 0 aromatic heterocycles. The number of hydrogen-bond acceptors (Lipinski definition) is 3. The lowest BCUT2D eigenvalue weighted by Crippen LogP contribution is -2.48. The van der Waals surface area contributed by atoms with Gasteiger partial charge >= 0.3 is 0 Å². The van der Waals surface area contributed by atoms with Crippen LogP contribution in [-0.4, -0.2) is 56.3 Å². The van der Waals surface area contributed by atoms with Gasteiger partial charge < -0.3 is 5.32 Å². The predicted molar refractivity (Wildman–Crippen MR) is 86.9 cm³/mol. The lowest BCUT2D eigenvalue weighted by atomic mass is 9.78. The molecular formula is C14H28ClN3O2S. The normalized spacial score (nSPS) is 31.2. The highest BCUT2D eigenvalue weighted by atomic mass is 35.5. The van der Waals surface area contributed by atoms with Gasteiger partial charge in [-0.2, -0.15) is 17.0 Å². The van der Waals surface area contributed by atoms with Crippen LogP contribution in [-0.2, 0) is 10.2 Å². The van der Waals surface area contributed by atoms with Crippen molar-refractivity contribution in [1.82, 2.24) is 13.9 Å². The van der Waals surface area contributed by atoms with Gasteiger partial charge in [-0.1, -0.05) is 6.92 Å². The second-order valence-corrected chi connectivity index (χ2v) is 8.88. The summed E-state index contributed by atoms with van der Waals surface area (Å²) in [5.41, 5.74) is 0.250. The van der Waals surface area contributed by atoms with E-state index in [1.165, 1.54) is 0 Å². The Bertz CT molecular complexity index is 451. The molecule has 1 unspecified atom stereocenters. The predicted octanol–water partition coefficient (Wildman–Crippen LogP) is 1.46. The molecule has 3 heterocycles. The molecule has 21 heavy (non-hydrogen) atoms. The smallest absolute Gasteiger partial charge is 0.282 e. The maximum atomic E-state index is 12.8. The van der Waals surface area contributed by atoms with E-state index in [4.69, 9.17) is 0 Å². The molecule has 3 rings (SSSR count). The van der Waals surface area contributed by atoms with Crippen LogP contribution < -0.4 is 5.32 Å². The van der Waals surface area contributed by atoms with Crippen LogP contribution in [0.15, 0.2) is 0 Å². The summed E-state index contributed by atoms with van der Waals surface area (Å²) in [5, 5.41) is 3.38. The molecule has 7 heteroatoms. The Balaban J connectivity index is 0.00000161. The number of hydrogen-bond donors (Lipinski definition) is 1. The number of nitrogens with zero attached hydrogens (tertiary/aromatic N) is 2. The molecule has 0 aliphatic carbocycles. The summed E-state index contributed by atoms with van der Waals surface area (Å²) in [6.45, 7) is 7.09. The highest BCUT2D eigenvalue weighted by Crippen LogP contribution is 2.40. The summed E-state index contributed by atoms with van der Waals surface area (Å²) in [5.74, 6) is 0.494. The van der Waals surface area contributed by atoms with Crippen molar-refractivity contribution in [2.75, 3.05) is 39.3 Å². The minimum Gasteiger partial charge on any atom is -0.317 e. The minimum atomic E-state index is -3.22. The molecule has 3 fully saturated rings. The van der Waals surface area contributed by atoms with Crippen LogP contribution >= 0.6 is 12.4 Å². The molecule has 0 saturated carbocycles. The summed E-state index contributed by atoms with van der Waals surface area (Å²) in [7, 11) is -3.22. The van der Waals surface area contributed by atoms with Gasteiger partial charge in [0, 0.05) is 26.2 Å². The van der Waals surface area contributed by atoms with Crippen LogP contribution in [0.5, 0.6) is 0 Å². The van der Waals surface area contributed by atoms with E-state index in [1.807, 2.05) is 0 Å². The lowest BCUT2D eigenvalue weighted by Gasteiger charge is -2.36. The standard InChI is InChI=1S/C14H27N3O2S.ClH/c1-13-3-2-9-16(11-13)20(18,19)17-10-6-14(12-17)4-7-15-8-5-14;/h13,15H,2-12H2,1H3;1H. The summed E-state index contributed by atoms with van der Waals surface area (Å²) in [6, 6.07) is 0. The molecule has 1 N–H and O–H groups in total. The fourth-order valence-corrected chi connectivity index (χ4v) is 5.86. The molecule has 1 spiro atoms. The maximum Gasteiger partial charge on any atom is 0.282 e. The van der Waals surface area contributed by atoms with E-state index in [0.717, 1.165) is 51.7 Å². The largest absolute Gasteiger partial charge is 0.317 e. The number of nitrogens with one attached hydrogen (secondary N) is 1. The third kappa shape index (κ3) is 3.55. The molecular weight excluding hydrogens is 310 g/mol. The molecule has 0 bridgehead atoms. The second kappa shape index (κ2) is 6.71. The van der Waals surface area contributed by atoms with Crippen molar-refractivity contribution in [3.63, 3.8) is 0 Å². The topological polar surface area (TPSA) is 52.7 Å². The average molecular weight is 338 g/mol. The second-order valence-electron chi connectivity index (χ2n) is 6.95. The van der Waals surface area contributed by atoms with Gasteiger partial charge in [0.25, 0.3) is 10.2 Å². The van der Waals surface area contributed by atoms with Gasteiger partial charge in [-0.3, -0.25) is 0 Å². The summed E-state index contributed by atoms with van der Waals surface area (Å²) in [4.78, 5) is 0. The molecule has 5 nitrogen and oxygen atoms in total. The van der Waals surface area contributed by atoms with E-state index in [0.29, 0.717) is 25.6 Å². The molecule has 3 saturated heterocycles. The van der Waals surface area contributed by atoms with Crippen molar-refractivity contribution < 1.29 is 8.42 Å². The average Bonchev–Trinajstić information content (AvgIpc) is 2.84. The zero-order chi connectivity index (χ0) is 14.2. The van der Waals surface area contributed by atoms with Crippen molar-refractivity contribution in [1.29, 1.82) is 0 Å². The lowest BCUT2D eigenvalue weighted by molar-refractivity contribution is 0.212. The van der Waals surface area contributed by atoms with Gasteiger partial charge in [0.05, 0.1) is 0 Å². The van der Waals surface area contributed by atoms with Gasteiger partial charge in [0.15, 0.2) is 0 Å². The molecule has 3 aliphatic rings. The molecule has 3 aliphatic heterocycles. The van der Waals surface area contributed by atoms with E-state index < -0.39 is 10.2 Å². The maximum absolute atomic E-state index is 12.8. The number of piperidine rings is 2. The Kier molecular flexibility index (Phi) is 5.58. The zero-order valence-electron chi connectivity index (χ0n) is 12.9. The number of rotatable bonds is 2. The van der Waals surface area contributed by atoms with E-state index in [9.17, 15) is 8.42 Å². The van der Waals surface area contributed by atoms with Gasteiger partial charge in [0.1, 0.15) is 0 Å². The Morgan fingerprint density at radius 1 is 1.10 bits per heavy atom. The van der Waals surface area contributed by atoms with Crippen LogP contribution in [0.4, 0.5) is 0 Å². The molecule has 0 aromatic carbocycles. The van der Waals surface area contributed by atoms with Crippen LogP contribution in [0.2, 0.25) is 0 Å². The van der Waals surface area contributed by atoms with Gasteiger partial charge in [-0.25, -0.2) is 0 Å². The van der Waals surface area contributed by atoms with Crippen molar-refractivity contribution in [2.24, 2.45) is 11.3 Å². The monoisotopic (exact) mass is 337 g/mol. The van der Waals surface area contributed by atoms with Crippen LogP contribution in [0.25, 0.3) is 0 Å². The molecule has 124 valence electrons. The van der Waals surface area contributed by atoms with E-state index >= 15 is 0 Å². The van der Waals surface area contributed by atoms with E-state index in [2.05, 4.69) is 12.2 Å². The quantitative estimate of drug-likeness (QED) is 0.830. The van der Waals surface area contributed by atoms with Crippen LogP contribution in [0, 0.1) is 11.3 Å². The third-order valence-corrected chi connectivity index (χ3v) is 7.29. The van der Waals surface area contributed by atoms with Crippen molar-refractivity contribution in [3.05, 3.63) is 0 Å². The fourth-order valence-electron chi connectivity index (χ4n) is 3.98. The minimum absolute atomic E-state index is 0.